The quantitative estimate of drug-likeness (QED) is 0.544. The first-order valence-corrected chi connectivity index (χ1v) is 12.4. The van der Waals surface area contributed by atoms with Gasteiger partial charge in [-0.25, -0.2) is 8.42 Å². The van der Waals surface area contributed by atoms with Crippen molar-refractivity contribution in [1.82, 2.24) is 9.21 Å². The summed E-state index contributed by atoms with van der Waals surface area (Å²) in [7, 11) is -0.0521. The number of methoxy groups -OCH3 is 1. The molecule has 0 bridgehead atoms. The Morgan fingerprint density at radius 2 is 1.59 bits per heavy atom. The third kappa shape index (κ3) is 6.46. The molecule has 1 saturated heterocycles. The zero-order valence-corrected chi connectivity index (χ0v) is 19.6. The molecule has 2 aromatic carbocycles. The number of hydrogen-bond donors (Lipinski definition) is 0. The highest BCUT2D eigenvalue weighted by atomic mass is 32.2. The molecule has 174 valence electrons. The zero-order chi connectivity index (χ0) is 23.0. The van der Waals surface area contributed by atoms with Crippen LogP contribution in [0.5, 0.6) is 11.5 Å². The molecule has 0 unspecified atom stereocenters. The summed E-state index contributed by atoms with van der Waals surface area (Å²) in [4.78, 5) is 14.4. The number of carbonyl (C=O) groups is 1. The molecule has 0 saturated carbocycles. The summed E-state index contributed by atoms with van der Waals surface area (Å²) in [5, 5.41) is 0. The van der Waals surface area contributed by atoms with Crippen LogP contribution >= 0.6 is 0 Å². The Bertz CT molecular complexity index is 968. The Kier molecular flexibility index (Phi) is 8.53. The van der Waals surface area contributed by atoms with Gasteiger partial charge >= 0.3 is 0 Å². The third-order valence-electron chi connectivity index (χ3n) is 5.68. The lowest BCUT2D eigenvalue weighted by Gasteiger charge is -2.25. The van der Waals surface area contributed by atoms with Crippen molar-refractivity contribution in [3.63, 3.8) is 0 Å². The van der Waals surface area contributed by atoms with E-state index in [0.29, 0.717) is 44.0 Å². The number of sulfonamides is 1. The van der Waals surface area contributed by atoms with Crippen molar-refractivity contribution in [2.24, 2.45) is 0 Å². The Hall–Kier alpha value is -2.58. The van der Waals surface area contributed by atoms with Crippen molar-refractivity contribution in [3.8, 4) is 11.5 Å². The van der Waals surface area contributed by atoms with Crippen molar-refractivity contribution in [2.45, 2.75) is 37.0 Å². The molecule has 0 aliphatic carbocycles. The maximum absolute atomic E-state index is 12.7. The Morgan fingerprint density at radius 3 is 2.22 bits per heavy atom. The summed E-state index contributed by atoms with van der Waals surface area (Å²) < 4.78 is 37.8. The van der Waals surface area contributed by atoms with Crippen LogP contribution in [0.25, 0.3) is 0 Å². The van der Waals surface area contributed by atoms with E-state index in [2.05, 4.69) is 0 Å². The van der Waals surface area contributed by atoms with Crippen LogP contribution in [-0.4, -0.2) is 63.9 Å². The Labute approximate surface area is 191 Å². The van der Waals surface area contributed by atoms with Gasteiger partial charge in [0, 0.05) is 26.6 Å². The molecule has 2 aromatic rings. The molecule has 8 heteroatoms. The van der Waals surface area contributed by atoms with E-state index in [4.69, 9.17) is 9.47 Å². The Morgan fingerprint density at radius 1 is 0.969 bits per heavy atom. The fourth-order valence-electron chi connectivity index (χ4n) is 3.62. The van der Waals surface area contributed by atoms with Gasteiger partial charge in [-0.1, -0.05) is 18.6 Å². The second kappa shape index (κ2) is 11.3. The normalized spacial score (nSPS) is 14.7. The monoisotopic (exact) mass is 460 g/mol. The first-order chi connectivity index (χ1) is 15.4. The van der Waals surface area contributed by atoms with Gasteiger partial charge in [0.1, 0.15) is 18.1 Å². The van der Waals surface area contributed by atoms with Gasteiger partial charge in [-0.05, 0) is 61.2 Å². The molecule has 32 heavy (non-hydrogen) atoms. The number of rotatable bonds is 10. The van der Waals surface area contributed by atoms with Crippen molar-refractivity contribution in [3.05, 3.63) is 54.1 Å². The van der Waals surface area contributed by atoms with Gasteiger partial charge in [0.15, 0.2) is 0 Å². The SMILES string of the molecule is COc1ccc(OCCN(C)C(=O)CCc2ccc(S(=O)(=O)N3CCCCC3)cc2)cc1. The molecular formula is C24H32N2O5S. The van der Waals surface area contributed by atoms with Crippen LogP contribution in [0, 0.1) is 0 Å². The second-order valence-electron chi connectivity index (χ2n) is 7.95. The lowest BCUT2D eigenvalue weighted by molar-refractivity contribution is -0.130. The summed E-state index contributed by atoms with van der Waals surface area (Å²) in [6.07, 6.45) is 3.83. The maximum atomic E-state index is 12.7. The second-order valence-corrected chi connectivity index (χ2v) is 9.89. The van der Waals surface area contributed by atoms with Crippen LogP contribution in [0.2, 0.25) is 0 Å². The van der Waals surface area contributed by atoms with Crippen LogP contribution in [-0.2, 0) is 21.2 Å². The molecule has 3 rings (SSSR count). The number of nitrogens with zero attached hydrogens (tertiary/aromatic N) is 2. The zero-order valence-electron chi connectivity index (χ0n) is 18.8. The summed E-state index contributed by atoms with van der Waals surface area (Å²) in [5.74, 6) is 1.52. The van der Waals surface area contributed by atoms with Crippen LogP contribution in [0.3, 0.4) is 0 Å². The molecular weight excluding hydrogens is 428 g/mol. The topological polar surface area (TPSA) is 76.1 Å². The highest BCUT2D eigenvalue weighted by molar-refractivity contribution is 7.89. The van der Waals surface area contributed by atoms with Gasteiger partial charge in [0.25, 0.3) is 0 Å². The number of ether oxygens (including phenoxy) is 2. The molecule has 1 amide bonds. The number of benzene rings is 2. The van der Waals surface area contributed by atoms with Crippen LogP contribution in [0.4, 0.5) is 0 Å². The van der Waals surface area contributed by atoms with Gasteiger partial charge in [0.05, 0.1) is 18.6 Å². The molecule has 1 aliphatic heterocycles. The van der Waals surface area contributed by atoms with Gasteiger partial charge < -0.3 is 14.4 Å². The molecule has 0 N–H and O–H groups in total. The van der Waals surface area contributed by atoms with Crippen LogP contribution < -0.4 is 9.47 Å². The number of hydrogen-bond acceptors (Lipinski definition) is 5. The summed E-state index contributed by atoms with van der Waals surface area (Å²) >= 11 is 0. The fourth-order valence-corrected chi connectivity index (χ4v) is 5.14. The van der Waals surface area contributed by atoms with Crippen molar-refractivity contribution in [2.75, 3.05) is 40.4 Å². The summed E-state index contributed by atoms with van der Waals surface area (Å²) in [6, 6.07) is 14.2. The number of likely N-dealkylation sites (N-methyl/N-ethyl adjacent to an activating group) is 1. The van der Waals surface area contributed by atoms with Crippen LogP contribution in [0.1, 0.15) is 31.2 Å². The number of carbonyl (C=O) groups excluding carboxylic acids is 1. The van der Waals surface area contributed by atoms with Gasteiger partial charge in [-0.2, -0.15) is 4.31 Å². The highest BCUT2D eigenvalue weighted by Gasteiger charge is 2.25. The van der Waals surface area contributed by atoms with Crippen molar-refractivity contribution < 1.29 is 22.7 Å². The standard InChI is InChI=1S/C24H32N2O5S/c1-25(18-19-31-22-11-9-21(30-2)10-12-22)24(27)15-8-20-6-13-23(14-7-20)32(28,29)26-16-4-3-5-17-26/h6-7,9-14H,3-5,8,15-19H2,1-2H3. The van der Waals surface area contributed by atoms with Gasteiger partial charge in [0.2, 0.25) is 15.9 Å². The van der Waals surface area contributed by atoms with Crippen molar-refractivity contribution in [1.29, 1.82) is 0 Å². The lowest BCUT2D eigenvalue weighted by Crippen LogP contribution is -2.35. The molecule has 1 aliphatic rings. The van der Waals surface area contributed by atoms with E-state index >= 15 is 0 Å². The van der Waals surface area contributed by atoms with E-state index in [0.717, 1.165) is 36.3 Å². The third-order valence-corrected chi connectivity index (χ3v) is 7.60. The average Bonchev–Trinajstić information content (AvgIpc) is 2.83. The molecule has 1 heterocycles. The van der Waals surface area contributed by atoms with E-state index in [1.807, 2.05) is 24.3 Å². The largest absolute Gasteiger partial charge is 0.497 e. The molecule has 1 fully saturated rings. The highest BCUT2D eigenvalue weighted by Crippen LogP contribution is 2.21. The minimum atomic E-state index is -3.42. The predicted octanol–water partition coefficient (Wildman–Crippen LogP) is 3.34. The molecule has 0 atom stereocenters. The molecule has 0 radical (unpaired) electrons. The number of aryl methyl sites for hydroxylation is 1. The van der Waals surface area contributed by atoms with E-state index in [9.17, 15) is 13.2 Å². The Balaban J connectivity index is 1.43. The molecule has 7 nitrogen and oxygen atoms in total. The van der Waals surface area contributed by atoms with E-state index in [1.165, 1.54) is 0 Å². The number of piperidine rings is 1. The predicted molar refractivity (Wildman–Crippen MR) is 123 cm³/mol. The first kappa shape index (κ1) is 24.1. The van der Waals surface area contributed by atoms with Crippen molar-refractivity contribution >= 4 is 15.9 Å². The first-order valence-electron chi connectivity index (χ1n) is 11.0. The smallest absolute Gasteiger partial charge is 0.243 e. The minimum Gasteiger partial charge on any atom is -0.497 e. The molecule has 0 aromatic heterocycles. The summed E-state index contributed by atoms with van der Waals surface area (Å²) in [6.45, 7) is 2.07. The fraction of sp³-hybridized carbons (Fsp3) is 0.458. The minimum absolute atomic E-state index is 0.0216. The van der Waals surface area contributed by atoms with Crippen LogP contribution in [0.15, 0.2) is 53.4 Å². The van der Waals surface area contributed by atoms with E-state index in [1.54, 1.807) is 47.6 Å². The lowest BCUT2D eigenvalue weighted by atomic mass is 10.1. The van der Waals surface area contributed by atoms with Gasteiger partial charge in [-0.15, -0.1) is 0 Å². The average molecular weight is 461 g/mol. The summed E-state index contributed by atoms with van der Waals surface area (Å²) in [5.41, 5.74) is 0.943. The van der Waals surface area contributed by atoms with E-state index < -0.39 is 10.0 Å². The maximum Gasteiger partial charge on any atom is 0.243 e. The molecule has 0 spiro atoms. The van der Waals surface area contributed by atoms with E-state index in [-0.39, 0.29) is 5.91 Å². The van der Waals surface area contributed by atoms with Gasteiger partial charge in [-0.3, -0.25) is 4.79 Å². The number of amides is 1.